The van der Waals surface area contributed by atoms with Crippen LogP contribution in [0.15, 0.2) is 47.6 Å². The van der Waals surface area contributed by atoms with Crippen molar-refractivity contribution in [1.82, 2.24) is 14.9 Å². The smallest absolute Gasteiger partial charge is 0.234 e. The third-order valence-electron chi connectivity index (χ3n) is 4.03. The molecule has 10 heteroatoms. The molecule has 3 aromatic rings. The Kier molecular flexibility index (Phi) is 6.45. The molecule has 0 saturated heterocycles. The number of methoxy groups -OCH3 is 3. The molecule has 1 heterocycles. The van der Waals surface area contributed by atoms with Crippen LogP contribution >= 0.6 is 11.8 Å². The van der Waals surface area contributed by atoms with Gasteiger partial charge in [-0.05, 0) is 24.3 Å². The number of nitrogen functional groups attached to an aromatic ring is 1. The van der Waals surface area contributed by atoms with Crippen LogP contribution in [0.1, 0.15) is 0 Å². The number of ether oxygens (including phenoxy) is 3. The van der Waals surface area contributed by atoms with Crippen molar-refractivity contribution in [2.75, 3.05) is 38.2 Å². The third kappa shape index (κ3) is 4.54. The number of anilines is 1. The summed E-state index contributed by atoms with van der Waals surface area (Å²) in [7, 11) is 4.67. The van der Waals surface area contributed by atoms with Gasteiger partial charge in [-0.1, -0.05) is 23.9 Å². The minimum atomic E-state index is -0.217. The quantitative estimate of drug-likeness (QED) is 0.426. The first-order valence-electron chi connectivity index (χ1n) is 8.56. The first kappa shape index (κ1) is 20.3. The topological polar surface area (TPSA) is 114 Å². The monoisotopic (exact) mass is 415 g/mol. The van der Waals surface area contributed by atoms with E-state index in [0.717, 1.165) is 0 Å². The number of thioether (sulfide) groups is 1. The van der Waals surface area contributed by atoms with Gasteiger partial charge in [0.05, 0.1) is 38.3 Å². The Hall–Kier alpha value is -3.40. The number of hydrogen-bond donors (Lipinski definition) is 2. The van der Waals surface area contributed by atoms with E-state index in [1.807, 2.05) is 12.1 Å². The van der Waals surface area contributed by atoms with Crippen molar-refractivity contribution in [2.45, 2.75) is 5.16 Å². The molecule has 1 aromatic heterocycles. The maximum atomic E-state index is 12.3. The average molecular weight is 415 g/mol. The molecule has 1 amide bonds. The lowest BCUT2D eigenvalue weighted by Crippen LogP contribution is -2.17. The van der Waals surface area contributed by atoms with E-state index in [1.165, 1.54) is 16.4 Å². The summed E-state index contributed by atoms with van der Waals surface area (Å²) in [6.45, 7) is 0. The predicted octanol–water partition coefficient (Wildman–Crippen LogP) is 2.42. The Morgan fingerprint density at radius 2 is 1.83 bits per heavy atom. The molecule has 0 spiro atoms. The van der Waals surface area contributed by atoms with Crippen LogP contribution in [-0.2, 0) is 4.79 Å². The summed E-state index contributed by atoms with van der Waals surface area (Å²) in [6, 6.07) is 12.5. The van der Waals surface area contributed by atoms with E-state index in [9.17, 15) is 4.79 Å². The number of aromatic nitrogens is 3. The van der Waals surface area contributed by atoms with E-state index < -0.39 is 0 Å². The summed E-state index contributed by atoms with van der Waals surface area (Å²) in [5.74, 6) is 8.23. The summed E-state index contributed by atoms with van der Waals surface area (Å²) >= 11 is 1.17. The summed E-state index contributed by atoms with van der Waals surface area (Å²) in [6.07, 6.45) is 0. The van der Waals surface area contributed by atoms with Crippen LogP contribution in [0.2, 0.25) is 0 Å². The van der Waals surface area contributed by atoms with Crippen LogP contribution in [-0.4, -0.2) is 47.9 Å². The van der Waals surface area contributed by atoms with Gasteiger partial charge >= 0.3 is 0 Å². The normalized spacial score (nSPS) is 10.4. The standard InChI is InChI=1S/C19H21N5O4S/c1-26-12-8-9-13(16(10-12)28-3)18-22-23-19(24(18)20)29-11-17(25)21-14-6-4-5-7-15(14)27-2/h4-10H,11,20H2,1-3H3,(H,21,25). The number of nitrogens with one attached hydrogen (secondary N) is 1. The maximum Gasteiger partial charge on any atom is 0.234 e. The Morgan fingerprint density at radius 3 is 2.55 bits per heavy atom. The Balaban J connectivity index is 1.71. The highest BCUT2D eigenvalue weighted by Gasteiger charge is 2.18. The fourth-order valence-corrected chi connectivity index (χ4v) is 3.26. The van der Waals surface area contributed by atoms with Crippen LogP contribution in [0.25, 0.3) is 11.4 Å². The molecule has 3 rings (SSSR count). The number of carbonyl (C=O) groups excluding carboxylic acids is 1. The lowest BCUT2D eigenvalue weighted by atomic mass is 10.2. The molecule has 2 aromatic carbocycles. The lowest BCUT2D eigenvalue weighted by molar-refractivity contribution is -0.113. The zero-order valence-corrected chi connectivity index (χ0v) is 17.0. The molecule has 3 N–H and O–H groups in total. The molecule has 0 unspecified atom stereocenters. The molecule has 0 aliphatic rings. The van der Waals surface area contributed by atoms with E-state index in [2.05, 4.69) is 15.5 Å². The molecule has 0 radical (unpaired) electrons. The first-order valence-corrected chi connectivity index (χ1v) is 9.54. The van der Waals surface area contributed by atoms with Gasteiger partial charge in [0, 0.05) is 6.07 Å². The van der Waals surface area contributed by atoms with E-state index in [1.54, 1.807) is 51.7 Å². The number of amides is 1. The molecule has 0 aliphatic heterocycles. The molecule has 152 valence electrons. The number of carbonyl (C=O) groups is 1. The largest absolute Gasteiger partial charge is 0.497 e. The molecular formula is C19H21N5O4S. The van der Waals surface area contributed by atoms with Gasteiger partial charge in [-0.2, -0.15) is 0 Å². The molecular weight excluding hydrogens is 394 g/mol. The number of hydrogen-bond acceptors (Lipinski definition) is 8. The Labute approximate surface area is 172 Å². The van der Waals surface area contributed by atoms with Crippen molar-refractivity contribution in [3.05, 3.63) is 42.5 Å². The van der Waals surface area contributed by atoms with Gasteiger partial charge in [-0.3, -0.25) is 4.79 Å². The van der Waals surface area contributed by atoms with Crippen LogP contribution in [0.4, 0.5) is 5.69 Å². The van der Waals surface area contributed by atoms with Gasteiger partial charge in [0.15, 0.2) is 5.82 Å². The second-order valence-corrected chi connectivity index (χ2v) is 6.72. The van der Waals surface area contributed by atoms with Gasteiger partial charge < -0.3 is 25.4 Å². The van der Waals surface area contributed by atoms with Crippen molar-refractivity contribution in [3.8, 4) is 28.6 Å². The number of rotatable bonds is 8. The summed E-state index contributed by atoms with van der Waals surface area (Å²) < 4.78 is 17.1. The van der Waals surface area contributed by atoms with Crippen molar-refractivity contribution in [2.24, 2.45) is 0 Å². The van der Waals surface area contributed by atoms with Crippen molar-refractivity contribution in [1.29, 1.82) is 0 Å². The van der Waals surface area contributed by atoms with Gasteiger partial charge in [-0.15, -0.1) is 10.2 Å². The van der Waals surface area contributed by atoms with Gasteiger partial charge in [0.25, 0.3) is 0 Å². The highest BCUT2D eigenvalue weighted by atomic mass is 32.2. The zero-order valence-electron chi connectivity index (χ0n) is 16.2. The molecule has 0 aliphatic carbocycles. The van der Waals surface area contributed by atoms with Crippen molar-refractivity contribution < 1.29 is 19.0 Å². The van der Waals surface area contributed by atoms with Crippen LogP contribution in [0.3, 0.4) is 0 Å². The number of benzene rings is 2. The minimum Gasteiger partial charge on any atom is -0.497 e. The summed E-state index contributed by atoms with van der Waals surface area (Å²) in [5, 5.41) is 11.4. The van der Waals surface area contributed by atoms with E-state index in [-0.39, 0.29) is 11.7 Å². The molecule has 0 bridgehead atoms. The Morgan fingerprint density at radius 1 is 1.07 bits per heavy atom. The molecule has 29 heavy (non-hydrogen) atoms. The number of nitrogens with two attached hydrogens (primary N) is 1. The number of para-hydroxylation sites is 2. The van der Waals surface area contributed by atoms with Crippen LogP contribution < -0.4 is 25.4 Å². The number of nitrogens with zero attached hydrogens (tertiary/aromatic N) is 3. The fourth-order valence-electron chi connectivity index (χ4n) is 2.61. The van der Waals surface area contributed by atoms with Crippen LogP contribution in [0, 0.1) is 0 Å². The highest BCUT2D eigenvalue weighted by Crippen LogP contribution is 2.33. The highest BCUT2D eigenvalue weighted by molar-refractivity contribution is 7.99. The zero-order chi connectivity index (χ0) is 20.8. The summed E-state index contributed by atoms with van der Waals surface area (Å²) in [5.41, 5.74) is 1.26. The predicted molar refractivity (Wildman–Crippen MR) is 111 cm³/mol. The summed E-state index contributed by atoms with van der Waals surface area (Å²) in [4.78, 5) is 12.3. The lowest BCUT2D eigenvalue weighted by Gasteiger charge is -2.10. The molecule has 0 saturated carbocycles. The molecule has 0 atom stereocenters. The average Bonchev–Trinajstić information content (AvgIpc) is 3.12. The van der Waals surface area contributed by atoms with Gasteiger partial charge in [-0.25, -0.2) is 4.68 Å². The maximum absolute atomic E-state index is 12.3. The van der Waals surface area contributed by atoms with Crippen molar-refractivity contribution >= 4 is 23.4 Å². The van der Waals surface area contributed by atoms with Gasteiger partial charge in [0.1, 0.15) is 17.2 Å². The minimum absolute atomic E-state index is 0.104. The molecule has 0 fully saturated rings. The second kappa shape index (κ2) is 9.20. The first-order chi connectivity index (χ1) is 14.1. The van der Waals surface area contributed by atoms with Crippen molar-refractivity contribution in [3.63, 3.8) is 0 Å². The van der Waals surface area contributed by atoms with Gasteiger partial charge in [0.2, 0.25) is 11.1 Å². The third-order valence-corrected chi connectivity index (χ3v) is 4.97. The second-order valence-electron chi connectivity index (χ2n) is 5.78. The fraction of sp³-hybridized carbons (Fsp3) is 0.211. The van der Waals surface area contributed by atoms with E-state index in [0.29, 0.717) is 39.5 Å². The molecule has 9 nitrogen and oxygen atoms in total. The van der Waals surface area contributed by atoms with Crippen LogP contribution in [0.5, 0.6) is 17.2 Å². The Bertz CT molecular complexity index is 1010. The van der Waals surface area contributed by atoms with E-state index >= 15 is 0 Å². The SMILES string of the molecule is COc1ccc(-c2nnc(SCC(=O)Nc3ccccc3OC)n2N)c(OC)c1. The van der Waals surface area contributed by atoms with E-state index in [4.69, 9.17) is 20.1 Å².